The van der Waals surface area contributed by atoms with E-state index in [0.717, 1.165) is 34.4 Å². The summed E-state index contributed by atoms with van der Waals surface area (Å²) < 4.78 is 17.3. The van der Waals surface area contributed by atoms with Gasteiger partial charge in [0.15, 0.2) is 0 Å². The maximum atomic E-state index is 5.99. The van der Waals surface area contributed by atoms with E-state index in [1.807, 2.05) is 61.5 Å². The lowest BCUT2D eigenvalue weighted by molar-refractivity contribution is 0.103. The molecule has 0 radical (unpaired) electrons. The molecule has 2 atom stereocenters. The topological polar surface area (TPSA) is 27.7 Å². The van der Waals surface area contributed by atoms with Crippen molar-refractivity contribution in [3.63, 3.8) is 0 Å². The van der Waals surface area contributed by atoms with E-state index in [9.17, 15) is 0 Å². The molecule has 3 aromatic carbocycles. The van der Waals surface area contributed by atoms with Gasteiger partial charge in [-0.3, -0.25) is 0 Å². The predicted octanol–water partition coefficient (Wildman–Crippen LogP) is 12.7. The van der Waals surface area contributed by atoms with Gasteiger partial charge in [-0.2, -0.15) is 0 Å². The van der Waals surface area contributed by atoms with Crippen LogP contribution >= 0.6 is 23.2 Å². The zero-order valence-electron chi connectivity index (χ0n) is 28.2. The van der Waals surface area contributed by atoms with E-state index in [1.54, 1.807) is 0 Å². The Labute approximate surface area is 274 Å². The Morgan fingerprint density at radius 3 is 1.70 bits per heavy atom. The molecule has 43 heavy (non-hydrogen) atoms. The predicted molar refractivity (Wildman–Crippen MR) is 190 cm³/mol. The number of para-hydroxylation sites is 1. The summed E-state index contributed by atoms with van der Waals surface area (Å²) in [5.41, 5.74) is 2.82. The van der Waals surface area contributed by atoms with Crippen LogP contribution < -0.4 is 14.2 Å². The Kier molecular flexibility index (Phi) is 16.8. The minimum Gasteiger partial charge on any atom is -0.493 e. The number of rotatable bonds is 6. The van der Waals surface area contributed by atoms with Crippen molar-refractivity contribution in [2.75, 3.05) is 6.61 Å². The van der Waals surface area contributed by atoms with Crippen LogP contribution in [0.25, 0.3) is 0 Å². The third-order valence-corrected chi connectivity index (χ3v) is 7.23. The molecule has 0 aliphatic rings. The second-order valence-corrected chi connectivity index (χ2v) is 15.1. The van der Waals surface area contributed by atoms with Crippen LogP contribution in [0.1, 0.15) is 94.7 Å². The van der Waals surface area contributed by atoms with E-state index in [-0.39, 0.29) is 35.9 Å². The molecule has 0 N–H and O–H groups in total. The lowest BCUT2D eigenvalue weighted by atomic mass is 9.90. The first-order valence-corrected chi connectivity index (χ1v) is 15.5. The zero-order valence-corrected chi connectivity index (χ0v) is 29.7. The van der Waals surface area contributed by atoms with E-state index in [4.69, 9.17) is 37.4 Å². The zero-order chi connectivity index (χ0) is 32.3. The maximum Gasteiger partial charge on any atom is 0.138 e. The number of ether oxygens (including phenoxy) is 3. The molecule has 0 bridgehead atoms. The lowest BCUT2D eigenvalue weighted by Crippen LogP contribution is -2.28. The molecule has 0 heterocycles. The first-order valence-electron chi connectivity index (χ1n) is 14.7. The first-order chi connectivity index (χ1) is 19.2. The molecule has 0 amide bonds. The molecule has 3 rings (SSSR count). The van der Waals surface area contributed by atoms with Crippen LogP contribution in [-0.4, -0.2) is 18.8 Å². The highest BCUT2D eigenvalue weighted by molar-refractivity contribution is 6.32. The second kappa shape index (κ2) is 17.8. The van der Waals surface area contributed by atoms with Crippen LogP contribution in [-0.2, 0) is 0 Å². The van der Waals surface area contributed by atoms with Gasteiger partial charge in [0.2, 0.25) is 0 Å². The molecule has 2 unspecified atom stereocenters. The number of hydrogen-bond acceptors (Lipinski definition) is 3. The maximum absolute atomic E-state index is 5.99. The summed E-state index contributed by atoms with van der Waals surface area (Å²) in [6.07, 6.45) is 0.367. The summed E-state index contributed by atoms with van der Waals surface area (Å²) in [6.45, 7) is 28.4. The third kappa shape index (κ3) is 16.9. The lowest BCUT2D eigenvalue weighted by Gasteiger charge is -2.28. The summed E-state index contributed by atoms with van der Waals surface area (Å²) in [7, 11) is 0. The standard InChI is InChI=1S/C13H20O.2C12H17ClO.CH4/c1-10-7-6-8-12(9-10)14-11(2)13(3,4)5;1-9-7-10(13)5-6-11(9)14-8-12(2,3)4;1-9(12(2,3)4)14-11-8-6-5-7-10(11)13;/h6-9,11H,1-5H3;5-7H,8H2,1-4H3;5-9H,1-4H3;1H4. The highest BCUT2D eigenvalue weighted by atomic mass is 35.5. The summed E-state index contributed by atoms with van der Waals surface area (Å²) in [4.78, 5) is 0. The summed E-state index contributed by atoms with van der Waals surface area (Å²) in [5, 5.41) is 1.43. The van der Waals surface area contributed by atoms with E-state index >= 15 is 0 Å². The molecule has 0 aliphatic carbocycles. The summed E-state index contributed by atoms with van der Waals surface area (Å²) in [6, 6.07) is 21.4. The van der Waals surface area contributed by atoms with E-state index in [1.165, 1.54) is 5.56 Å². The Morgan fingerprint density at radius 2 is 1.21 bits per heavy atom. The van der Waals surface area contributed by atoms with Gasteiger partial charge in [-0.1, -0.05) is 117 Å². The minimum absolute atomic E-state index is 0. The van der Waals surface area contributed by atoms with Gasteiger partial charge in [-0.25, -0.2) is 0 Å². The van der Waals surface area contributed by atoms with Crippen molar-refractivity contribution in [1.29, 1.82) is 0 Å². The Morgan fingerprint density at radius 1 is 0.651 bits per heavy atom. The second-order valence-electron chi connectivity index (χ2n) is 14.3. The summed E-state index contributed by atoms with van der Waals surface area (Å²) >= 11 is 11.8. The Hall–Kier alpha value is -2.36. The molecule has 0 spiro atoms. The molecule has 3 aromatic rings. The summed E-state index contributed by atoms with van der Waals surface area (Å²) in [5.74, 6) is 2.65. The number of halogens is 2. The average molecular weight is 634 g/mol. The van der Waals surface area contributed by atoms with Gasteiger partial charge in [0.05, 0.1) is 11.6 Å². The SMILES string of the molecule is C.CC(Oc1ccccc1Cl)C(C)(C)C.Cc1cc(Cl)ccc1OCC(C)(C)C.Cc1cccc(OC(C)C(C)(C)C)c1. The first kappa shape index (κ1) is 40.6. The molecular formula is C38H58Cl2O3. The normalized spacial score (nSPS) is 12.7. The number of benzene rings is 3. The third-order valence-electron chi connectivity index (χ3n) is 6.68. The van der Waals surface area contributed by atoms with Crippen LogP contribution in [0, 0.1) is 30.1 Å². The molecule has 0 aromatic heterocycles. The largest absolute Gasteiger partial charge is 0.493 e. The van der Waals surface area contributed by atoms with Crippen molar-refractivity contribution < 1.29 is 14.2 Å². The van der Waals surface area contributed by atoms with Gasteiger partial charge < -0.3 is 14.2 Å². The number of aryl methyl sites for hydroxylation is 2. The van der Waals surface area contributed by atoms with Crippen molar-refractivity contribution in [2.45, 2.75) is 110 Å². The fourth-order valence-electron chi connectivity index (χ4n) is 3.05. The van der Waals surface area contributed by atoms with Crippen molar-refractivity contribution in [3.8, 4) is 17.2 Å². The molecule has 242 valence electrons. The van der Waals surface area contributed by atoms with Gasteiger partial charge in [-0.15, -0.1) is 0 Å². The molecule has 0 saturated heterocycles. The molecule has 0 aliphatic heterocycles. The van der Waals surface area contributed by atoms with Gasteiger partial charge in [0, 0.05) is 5.02 Å². The van der Waals surface area contributed by atoms with Crippen LogP contribution in [0.5, 0.6) is 17.2 Å². The van der Waals surface area contributed by atoms with Crippen LogP contribution in [0.15, 0.2) is 66.7 Å². The minimum atomic E-state index is 0. The Balaban J connectivity index is 0.000000608. The van der Waals surface area contributed by atoms with Crippen LogP contribution in [0.4, 0.5) is 0 Å². The molecule has 0 saturated carbocycles. The van der Waals surface area contributed by atoms with Gasteiger partial charge in [-0.05, 0) is 97.5 Å². The smallest absolute Gasteiger partial charge is 0.138 e. The fraction of sp³-hybridized carbons (Fsp3) is 0.526. The van der Waals surface area contributed by atoms with Crippen LogP contribution in [0.2, 0.25) is 10.0 Å². The monoisotopic (exact) mass is 632 g/mol. The highest BCUT2D eigenvalue weighted by Crippen LogP contribution is 2.29. The molecule has 5 heteroatoms. The van der Waals surface area contributed by atoms with Gasteiger partial charge in [0.1, 0.15) is 29.5 Å². The Bertz CT molecular complexity index is 1220. The highest BCUT2D eigenvalue weighted by Gasteiger charge is 2.22. The van der Waals surface area contributed by atoms with Crippen molar-refractivity contribution in [1.82, 2.24) is 0 Å². The molecule has 0 fully saturated rings. The van der Waals surface area contributed by atoms with Crippen LogP contribution in [0.3, 0.4) is 0 Å². The van der Waals surface area contributed by atoms with Crippen molar-refractivity contribution in [2.24, 2.45) is 16.2 Å². The fourth-order valence-corrected chi connectivity index (χ4v) is 3.45. The molecule has 3 nitrogen and oxygen atoms in total. The van der Waals surface area contributed by atoms with E-state index in [0.29, 0.717) is 5.02 Å². The van der Waals surface area contributed by atoms with Crippen molar-refractivity contribution in [3.05, 3.63) is 87.9 Å². The van der Waals surface area contributed by atoms with Gasteiger partial charge in [0.25, 0.3) is 0 Å². The van der Waals surface area contributed by atoms with E-state index in [2.05, 4.69) is 95.2 Å². The van der Waals surface area contributed by atoms with Crippen molar-refractivity contribution >= 4 is 23.2 Å². The van der Waals surface area contributed by atoms with E-state index < -0.39 is 0 Å². The number of hydrogen-bond donors (Lipinski definition) is 0. The molecular weight excluding hydrogens is 575 g/mol. The average Bonchev–Trinajstić information content (AvgIpc) is 2.84. The van der Waals surface area contributed by atoms with Gasteiger partial charge >= 0.3 is 0 Å². The quantitative estimate of drug-likeness (QED) is 0.270.